The number of ether oxygens (including phenoxy) is 1. The second kappa shape index (κ2) is 5.14. The van der Waals surface area contributed by atoms with E-state index in [1.807, 2.05) is 34.6 Å². The van der Waals surface area contributed by atoms with Gasteiger partial charge in [-0.25, -0.2) is 4.79 Å². The van der Waals surface area contributed by atoms with Gasteiger partial charge in [-0.3, -0.25) is 0 Å². The SMILES string of the molecule is CC(C)/C(=N\N(C)C)C(=O)OC(C)(C)C. The van der Waals surface area contributed by atoms with Crippen molar-refractivity contribution in [1.82, 2.24) is 5.01 Å². The smallest absolute Gasteiger partial charge is 0.355 e. The zero-order chi connectivity index (χ0) is 12.2. The van der Waals surface area contributed by atoms with Crippen molar-refractivity contribution in [3.8, 4) is 0 Å². The van der Waals surface area contributed by atoms with E-state index < -0.39 is 5.60 Å². The molecule has 0 radical (unpaired) electrons. The van der Waals surface area contributed by atoms with E-state index in [1.165, 1.54) is 0 Å². The van der Waals surface area contributed by atoms with Crippen LogP contribution in [-0.4, -0.2) is 36.4 Å². The van der Waals surface area contributed by atoms with E-state index in [0.717, 1.165) is 0 Å². The standard InChI is InChI=1S/C11H22N2O2/c1-8(2)9(12-13(6)7)10(14)15-11(3,4)5/h8H,1-7H3/b12-9+. The Kier molecular flexibility index (Phi) is 4.78. The lowest BCUT2D eigenvalue weighted by Gasteiger charge is -2.21. The van der Waals surface area contributed by atoms with Gasteiger partial charge < -0.3 is 9.75 Å². The maximum absolute atomic E-state index is 11.8. The molecule has 0 bridgehead atoms. The van der Waals surface area contributed by atoms with Crippen LogP contribution in [0.1, 0.15) is 34.6 Å². The highest BCUT2D eigenvalue weighted by molar-refractivity contribution is 6.37. The van der Waals surface area contributed by atoms with Gasteiger partial charge in [-0.2, -0.15) is 5.10 Å². The molecule has 0 spiro atoms. The quantitative estimate of drug-likeness (QED) is 0.409. The third-order valence-electron chi connectivity index (χ3n) is 1.46. The molecule has 0 aliphatic rings. The van der Waals surface area contributed by atoms with Gasteiger partial charge >= 0.3 is 5.97 Å². The molecule has 0 amide bonds. The van der Waals surface area contributed by atoms with E-state index in [4.69, 9.17) is 4.74 Å². The third kappa shape index (κ3) is 6.10. The second-order valence-corrected chi connectivity index (χ2v) is 4.99. The number of esters is 1. The zero-order valence-electron chi connectivity index (χ0n) is 10.8. The molecule has 88 valence electrons. The summed E-state index contributed by atoms with van der Waals surface area (Å²) in [7, 11) is 3.57. The minimum Gasteiger partial charge on any atom is -0.455 e. The van der Waals surface area contributed by atoms with Crippen LogP contribution in [0.15, 0.2) is 5.10 Å². The van der Waals surface area contributed by atoms with E-state index in [9.17, 15) is 4.79 Å². The number of hydrogen-bond acceptors (Lipinski definition) is 4. The summed E-state index contributed by atoms with van der Waals surface area (Å²) >= 11 is 0. The van der Waals surface area contributed by atoms with E-state index >= 15 is 0 Å². The van der Waals surface area contributed by atoms with Gasteiger partial charge in [-0.1, -0.05) is 13.8 Å². The Balaban J connectivity index is 4.74. The van der Waals surface area contributed by atoms with Crippen molar-refractivity contribution in [2.24, 2.45) is 11.0 Å². The predicted molar refractivity (Wildman–Crippen MR) is 61.8 cm³/mol. The Morgan fingerprint density at radius 2 is 1.73 bits per heavy atom. The van der Waals surface area contributed by atoms with Crippen molar-refractivity contribution >= 4 is 11.7 Å². The Hall–Kier alpha value is -1.06. The highest BCUT2D eigenvalue weighted by atomic mass is 16.6. The molecule has 0 heterocycles. The van der Waals surface area contributed by atoms with Crippen LogP contribution in [0.3, 0.4) is 0 Å². The number of carbonyl (C=O) groups excluding carboxylic acids is 1. The van der Waals surface area contributed by atoms with Gasteiger partial charge in [-0.15, -0.1) is 0 Å². The molecule has 0 saturated carbocycles. The molecule has 0 aromatic heterocycles. The molecular weight excluding hydrogens is 192 g/mol. The molecular formula is C11H22N2O2. The van der Waals surface area contributed by atoms with Crippen molar-refractivity contribution in [2.45, 2.75) is 40.2 Å². The zero-order valence-corrected chi connectivity index (χ0v) is 10.8. The fourth-order valence-electron chi connectivity index (χ4n) is 0.938. The largest absolute Gasteiger partial charge is 0.455 e. The van der Waals surface area contributed by atoms with Crippen molar-refractivity contribution < 1.29 is 9.53 Å². The van der Waals surface area contributed by atoms with Crippen molar-refractivity contribution in [3.63, 3.8) is 0 Å². The summed E-state index contributed by atoms with van der Waals surface area (Å²) in [6.07, 6.45) is 0. The maximum Gasteiger partial charge on any atom is 0.355 e. The van der Waals surface area contributed by atoms with Gasteiger partial charge in [0.1, 0.15) is 11.3 Å². The average Bonchev–Trinajstić information content (AvgIpc) is 1.95. The fraction of sp³-hybridized carbons (Fsp3) is 0.818. The van der Waals surface area contributed by atoms with E-state index in [0.29, 0.717) is 5.71 Å². The molecule has 0 aromatic rings. The van der Waals surface area contributed by atoms with E-state index in [1.54, 1.807) is 19.1 Å². The number of rotatable bonds is 3. The molecule has 0 aliphatic heterocycles. The van der Waals surface area contributed by atoms with Gasteiger partial charge in [0.25, 0.3) is 0 Å². The second-order valence-electron chi connectivity index (χ2n) is 4.99. The number of carbonyl (C=O) groups is 1. The van der Waals surface area contributed by atoms with E-state index in [-0.39, 0.29) is 11.9 Å². The Bertz CT molecular complexity index is 250. The number of hydrazone groups is 1. The molecule has 0 aromatic carbocycles. The summed E-state index contributed by atoms with van der Waals surface area (Å²) in [5.74, 6) is -0.284. The summed E-state index contributed by atoms with van der Waals surface area (Å²) < 4.78 is 5.27. The summed E-state index contributed by atoms with van der Waals surface area (Å²) in [6, 6.07) is 0. The van der Waals surface area contributed by atoms with Gasteiger partial charge in [-0.05, 0) is 20.8 Å². The first-order valence-corrected chi connectivity index (χ1v) is 5.12. The van der Waals surface area contributed by atoms with Gasteiger partial charge in [0.2, 0.25) is 0 Å². The molecule has 0 aliphatic carbocycles. The summed E-state index contributed by atoms with van der Waals surface area (Å²) in [4.78, 5) is 11.8. The lowest BCUT2D eigenvalue weighted by molar-refractivity contribution is -0.146. The summed E-state index contributed by atoms with van der Waals surface area (Å²) in [5, 5.41) is 5.75. The molecule has 15 heavy (non-hydrogen) atoms. The van der Waals surface area contributed by atoms with Crippen LogP contribution >= 0.6 is 0 Å². The highest BCUT2D eigenvalue weighted by Crippen LogP contribution is 2.10. The number of nitrogens with zero attached hydrogens (tertiary/aromatic N) is 2. The first-order chi connectivity index (χ1) is 6.63. The van der Waals surface area contributed by atoms with Crippen LogP contribution in [-0.2, 0) is 9.53 Å². The monoisotopic (exact) mass is 214 g/mol. The Morgan fingerprint density at radius 3 is 2.00 bits per heavy atom. The molecule has 4 nitrogen and oxygen atoms in total. The topological polar surface area (TPSA) is 41.9 Å². The summed E-state index contributed by atoms with van der Waals surface area (Å²) in [6.45, 7) is 9.38. The van der Waals surface area contributed by atoms with Crippen molar-refractivity contribution in [2.75, 3.05) is 14.1 Å². The lowest BCUT2D eigenvalue weighted by Crippen LogP contribution is -2.32. The van der Waals surface area contributed by atoms with Crippen LogP contribution in [0.25, 0.3) is 0 Å². The minimum atomic E-state index is -0.473. The van der Waals surface area contributed by atoms with E-state index in [2.05, 4.69) is 5.10 Å². The maximum atomic E-state index is 11.8. The molecule has 0 saturated heterocycles. The van der Waals surface area contributed by atoms with Crippen molar-refractivity contribution in [3.05, 3.63) is 0 Å². The molecule has 0 N–H and O–H groups in total. The molecule has 0 unspecified atom stereocenters. The first-order valence-electron chi connectivity index (χ1n) is 5.12. The van der Waals surface area contributed by atoms with Crippen LogP contribution in [0.5, 0.6) is 0 Å². The molecule has 0 rings (SSSR count). The van der Waals surface area contributed by atoms with Crippen LogP contribution in [0.2, 0.25) is 0 Å². The van der Waals surface area contributed by atoms with Gasteiger partial charge in [0.05, 0.1) is 0 Å². The third-order valence-corrected chi connectivity index (χ3v) is 1.46. The Labute approximate surface area is 92.3 Å². The highest BCUT2D eigenvalue weighted by Gasteiger charge is 2.23. The lowest BCUT2D eigenvalue weighted by atomic mass is 10.1. The minimum absolute atomic E-state index is 0.0576. The fourth-order valence-corrected chi connectivity index (χ4v) is 0.938. The average molecular weight is 214 g/mol. The number of hydrogen-bond donors (Lipinski definition) is 0. The van der Waals surface area contributed by atoms with Crippen molar-refractivity contribution in [1.29, 1.82) is 0 Å². The van der Waals surface area contributed by atoms with Gasteiger partial charge in [0, 0.05) is 20.0 Å². The summed E-state index contributed by atoms with van der Waals surface area (Å²) in [5.41, 5.74) is -0.0195. The molecule has 0 fully saturated rings. The Morgan fingerprint density at radius 1 is 1.27 bits per heavy atom. The van der Waals surface area contributed by atoms with Crippen LogP contribution in [0, 0.1) is 5.92 Å². The predicted octanol–water partition coefficient (Wildman–Crippen LogP) is 1.90. The van der Waals surface area contributed by atoms with Gasteiger partial charge in [0.15, 0.2) is 0 Å². The molecule has 0 atom stereocenters. The van der Waals surface area contributed by atoms with Crippen LogP contribution in [0.4, 0.5) is 0 Å². The first kappa shape index (κ1) is 13.9. The normalized spacial score (nSPS) is 12.9. The van der Waals surface area contributed by atoms with Crippen LogP contribution < -0.4 is 0 Å². The molecule has 4 heteroatoms.